The highest BCUT2D eigenvalue weighted by atomic mass is 32.2. The third kappa shape index (κ3) is 4.46. The molecule has 164 valence electrons. The van der Waals surface area contributed by atoms with Crippen LogP contribution in [0, 0.1) is 11.3 Å². The van der Waals surface area contributed by atoms with Crippen LogP contribution in [0.2, 0.25) is 0 Å². The molecule has 0 N–H and O–H groups in total. The lowest BCUT2D eigenvalue weighted by atomic mass is 9.86. The van der Waals surface area contributed by atoms with Crippen LogP contribution >= 0.6 is 11.8 Å². The molecule has 33 heavy (non-hydrogen) atoms. The molecule has 5 nitrogen and oxygen atoms in total. The number of amides is 1. The Hall–Kier alpha value is -3.69. The standard InChI is InChI=1S/C27H23N3O2S/c28-16-25-24(21-11-13-23(14-12-21)32-17-20-7-3-1-4-8-20)15-26(31)30-18-29(19-33-27(25)30)22-9-5-2-6-10-22/h1-14,24H,15,17-19H2/t24-/m0/s1. The van der Waals surface area contributed by atoms with E-state index in [1.807, 2.05) is 84.9 Å². The van der Waals surface area contributed by atoms with Crippen molar-refractivity contribution < 1.29 is 9.53 Å². The Labute approximate surface area is 197 Å². The number of anilines is 1. The molecule has 0 unspecified atom stereocenters. The molecule has 0 spiro atoms. The van der Waals surface area contributed by atoms with Gasteiger partial charge in [0.05, 0.1) is 29.2 Å². The quantitative estimate of drug-likeness (QED) is 0.512. The van der Waals surface area contributed by atoms with Crippen molar-refractivity contribution in [1.82, 2.24) is 4.90 Å². The van der Waals surface area contributed by atoms with Crippen LogP contribution in [0.1, 0.15) is 23.5 Å². The van der Waals surface area contributed by atoms with E-state index < -0.39 is 0 Å². The van der Waals surface area contributed by atoms with E-state index in [4.69, 9.17) is 4.74 Å². The lowest BCUT2D eigenvalue weighted by Gasteiger charge is -2.42. The summed E-state index contributed by atoms with van der Waals surface area (Å²) in [4.78, 5) is 17.0. The summed E-state index contributed by atoms with van der Waals surface area (Å²) in [6.45, 7) is 0.967. The van der Waals surface area contributed by atoms with Crippen molar-refractivity contribution in [3.05, 3.63) is 107 Å². The summed E-state index contributed by atoms with van der Waals surface area (Å²) < 4.78 is 5.89. The van der Waals surface area contributed by atoms with E-state index >= 15 is 0 Å². The Morgan fingerprint density at radius 3 is 2.36 bits per heavy atom. The van der Waals surface area contributed by atoms with Crippen molar-refractivity contribution in [3.63, 3.8) is 0 Å². The first-order valence-corrected chi connectivity index (χ1v) is 11.9. The molecule has 2 heterocycles. The van der Waals surface area contributed by atoms with Gasteiger partial charge in [0.1, 0.15) is 12.4 Å². The van der Waals surface area contributed by atoms with Gasteiger partial charge in [0.2, 0.25) is 5.91 Å². The molecule has 2 aliphatic rings. The van der Waals surface area contributed by atoms with Crippen LogP contribution in [-0.4, -0.2) is 23.4 Å². The number of nitriles is 1. The van der Waals surface area contributed by atoms with Crippen molar-refractivity contribution in [3.8, 4) is 11.8 Å². The number of para-hydroxylation sites is 1. The first-order valence-electron chi connectivity index (χ1n) is 10.9. The Morgan fingerprint density at radius 2 is 1.67 bits per heavy atom. The summed E-state index contributed by atoms with van der Waals surface area (Å²) in [6.07, 6.45) is 0.291. The average molecular weight is 454 g/mol. The van der Waals surface area contributed by atoms with Crippen LogP contribution in [0.4, 0.5) is 5.69 Å². The Kier molecular flexibility index (Phi) is 6.05. The van der Waals surface area contributed by atoms with Crippen molar-refractivity contribution in [2.45, 2.75) is 18.9 Å². The third-order valence-corrected chi connectivity index (χ3v) is 7.10. The van der Waals surface area contributed by atoms with Crippen LogP contribution < -0.4 is 9.64 Å². The largest absolute Gasteiger partial charge is 0.489 e. The van der Waals surface area contributed by atoms with Crippen LogP contribution in [0.15, 0.2) is 95.5 Å². The van der Waals surface area contributed by atoms with E-state index in [-0.39, 0.29) is 11.8 Å². The van der Waals surface area contributed by atoms with Gasteiger partial charge in [-0.15, -0.1) is 0 Å². The van der Waals surface area contributed by atoms with Crippen molar-refractivity contribution in [1.29, 1.82) is 5.26 Å². The lowest BCUT2D eigenvalue weighted by Crippen LogP contribution is -2.47. The Balaban J connectivity index is 1.33. The van der Waals surface area contributed by atoms with Crippen molar-refractivity contribution >= 4 is 23.4 Å². The number of rotatable bonds is 5. The normalized spacial score (nSPS) is 18.0. The van der Waals surface area contributed by atoms with Crippen LogP contribution in [0.25, 0.3) is 0 Å². The summed E-state index contributed by atoms with van der Waals surface area (Å²) in [5.41, 5.74) is 3.81. The number of fused-ring (bicyclic) bond motifs is 1. The van der Waals surface area contributed by atoms with E-state index in [0.29, 0.717) is 31.1 Å². The maximum atomic E-state index is 13.1. The molecule has 5 rings (SSSR count). The first kappa shape index (κ1) is 21.2. The summed E-state index contributed by atoms with van der Waals surface area (Å²) in [5, 5.41) is 10.8. The zero-order chi connectivity index (χ0) is 22.6. The van der Waals surface area contributed by atoms with E-state index in [2.05, 4.69) is 11.0 Å². The van der Waals surface area contributed by atoms with Crippen LogP contribution in [0.3, 0.4) is 0 Å². The van der Waals surface area contributed by atoms with E-state index in [1.165, 1.54) is 0 Å². The molecule has 1 amide bonds. The molecule has 1 saturated heterocycles. The number of nitrogens with zero attached hydrogens (tertiary/aromatic N) is 3. The maximum Gasteiger partial charge on any atom is 0.229 e. The van der Waals surface area contributed by atoms with Gasteiger partial charge in [0.25, 0.3) is 0 Å². The van der Waals surface area contributed by atoms with Crippen LogP contribution in [-0.2, 0) is 11.4 Å². The number of hydrogen-bond acceptors (Lipinski definition) is 5. The molecule has 0 radical (unpaired) electrons. The Bertz CT molecular complexity index is 1200. The predicted octanol–water partition coefficient (Wildman–Crippen LogP) is 5.49. The summed E-state index contributed by atoms with van der Waals surface area (Å²) >= 11 is 1.56. The van der Waals surface area contributed by atoms with Gasteiger partial charge < -0.3 is 9.64 Å². The van der Waals surface area contributed by atoms with Gasteiger partial charge in [-0.2, -0.15) is 5.26 Å². The molecule has 0 aromatic heterocycles. The number of carbonyl (C=O) groups excluding carboxylic acids is 1. The second-order valence-corrected chi connectivity index (χ2v) is 8.98. The van der Waals surface area contributed by atoms with Gasteiger partial charge in [-0.3, -0.25) is 9.69 Å². The highest BCUT2D eigenvalue weighted by Gasteiger charge is 2.38. The third-order valence-electron chi connectivity index (χ3n) is 5.95. The number of ether oxygens (including phenoxy) is 1. The molecular formula is C27H23N3O2S. The molecule has 0 bridgehead atoms. The Morgan fingerprint density at radius 1 is 0.970 bits per heavy atom. The summed E-state index contributed by atoms with van der Waals surface area (Å²) in [6, 6.07) is 30.2. The highest BCUT2D eigenvalue weighted by molar-refractivity contribution is 8.03. The monoisotopic (exact) mass is 453 g/mol. The number of carbonyl (C=O) groups is 1. The number of hydrogen-bond donors (Lipinski definition) is 0. The summed E-state index contributed by atoms with van der Waals surface area (Å²) in [7, 11) is 0. The average Bonchev–Trinajstić information content (AvgIpc) is 2.89. The van der Waals surface area contributed by atoms with Gasteiger partial charge in [-0.05, 0) is 35.4 Å². The molecule has 0 aliphatic carbocycles. The molecule has 0 saturated carbocycles. The first-order chi connectivity index (χ1) is 16.2. The molecule has 1 atom stereocenters. The topological polar surface area (TPSA) is 56.6 Å². The predicted molar refractivity (Wildman–Crippen MR) is 130 cm³/mol. The molecule has 3 aromatic carbocycles. The number of thioether (sulfide) groups is 1. The fourth-order valence-corrected chi connectivity index (χ4v) is 5.35. The number of allylic oxidation sites excluding steroid dienone is 1. The molecule has 6 heteroatoms. The second-order valence-electron chi connectivity index (χ2n) is 8.04. The smallest absolute Gasteiger partial charge is 0.229 e. The molecule has 2 aliphatic heterocycles. The molecule has 3 aromatic rings. The minimum atomic E-state index is -0.229. The zero-order valence-corrected chi connectivity index (χ0v) is 18.9. The van der Waals surface area contributed by atoms with Crippen molar-refractivity contribution in [2.75, 3.05) is 17.4 Å². The fraction of sp³-hybridized carbons (Fsp3) is 0.185. The van der Waals surface area contributed by atoms with Gasteiger partial charge in [-0.1, -0.05) is 72.4 Å². The van der Waals surface area contributed by atoms with Gasteiger partial charge in [-0.25, -0.2) is 0 Å². The van der Waals surface area contributed by atoms with Crippen molar-refractivity contribution in [2.24, 2.45) is 0 Å². The van der Waals surface area contributed by atoms with E-state index in [9.17, 15) is 10.1 Å². The minimum Gasteiger partial charge on any atom is -0.489 e. The van der Waals surface area contributed by atoms with Gasteiger partial charge >= 0.3 is 0 Å². The number of benzene rings is 3. The van der Waals surface area contributed by atoms with Gasteiger partial charge in [0.15, 0.2) is 0 Å². The SMILES string of the molecule is N#CC1=C2SCN(c3ccccc3)CN2C(=O)C[C@H]1c1ccc(OCc2ccccc2)cc1. The van der Waals surface area contributed by atoms with E-state index in [1.54, 1.807) is 16.7 Å². The highest BCUT2D eigenvalue weighted by Crippen LogP contribution is 2.43. The zero-order valence-electron chi connectivity index (χ0n) is 18.1. The maximum absolute atomic E-state index is 13.1. The molecular weight excluding hydrogens is 430 g/mol. The second kappa shape index (κ2) is 9.43. The molecule has 1 fully saturated rings. The fourth-order valence-electron chi connectivity index (χ4n) is 4.19. The lowest BCUT2D eigenvalue weighted by molar-refractivity contribution is -0.129. The van der Waals surface area contributed by atoms with Gasteiger partial charge in [0, 0.05) is 18.0 Å². The summed E-state index contributed by atoms with van der Waals surface area (Å²) in [5.74, 6) is 1.29. The van der Waals surface area contributed by atoms with E-state index in [0.717, 1.165) is 27.6 Å². The van der Waals surface area contributed by atoms with Crippen LogP contribution in [0.5, 0.6) is 5.75 Å². The minimum absolute atomic E-state index is 0.0477.